The molecule has 0 fully saturated rings. The average molecular weight is 223 g/mol. The number of halogens is 3. The van der Waals surface area contributed by atoms with Gasteiger partial charge in [0.05, 0.1) is 15.1 Å². The van der Waals surface area contributed by atoms with Crippen molar-refractivity contribution in [1.29, 1.82) is 0 Å². The van der Waals surface area contributed by atoms with E-state index in [4.69, 9.17) is 34.8 Å². The SMILES string of the molecule is [CH2]C(C)c1cc(Cl)c(Cl)c(Cl)c1. The van der Waals surface area contributed by atoms with Crippen molar-refractivity contribution in [3.8, 4) is 0 Å². The molecule has 1 aromatic carbocycles. The molecule has 1 atom stereocenters. The van der Waals surface area contributed by atoms with Gasteiger partial charge in [0.2, 0.25) is 0 Å². The first-order valence-electron chi connectivity index (χ1n) is 3.50. The third-order valence-corrected chi connectivity index (χ3v) is 2.77. The molecule has 1 unspecified atom stereocenters. The van der Waals surface area contributed by atoms with E-state index in [0.29, 0.717) is 15.1 Å². The minimum atomic E-state index is 0.164. The second kappa shape index (κ2) is 3.87. The van der Waals surface area contributed by atoms with E-state index in [2.05, 4.69) is 6.92 Å². The van der Waals surface area contributed by atoms with Gasteiger partial charge in [-0.05, 0) is 30.5 Å². The van der Waals surface area contributed by atoms with Crippen molar-refractivity contribution in [1.82, 2.24) is 0 Å². The Bertz CT molecular complexity index is 269. The molecule has 0 saturated heterocycles. The highest BCUT2D eigenvalue weighted by Crippen LogP contribution is 2.33. The van der Waals surface area contributed by atoms with Crippen LogP contribution in [0.2, 0.25) is 15.1 Å². The molecular weight excluding hydrogens is 214 g/mol. The Morgan fingerprint density at radius 3 is 1.92 bits per heavy atom. The van der Waals surface area contributed by atoms with Crippen LogP contribution in [0.1, 0.15) is 18.4 Å². The standard InChI is InChI=1S/C9H8Cl3/c1-5(2)6-3-7(10)9(12)8(11)4-6/h3-5H,1H2,2H3. The molecule has 1 rings (SSSR count). The summed E-state index contributed by atoms with van der Waals surface area (Å²) in [4.78, 5) is 0. The third kappa shape index (κ3) is 2.07. The highest BCUT2D eigenvalue weighted by atomic mass is 35.5. The van der Waals surface area contributed by atoms with Gasteiger partial charge in [0.1, 0.15) is 0 Å². The largest absolute Gasteiger partial charge is 0.0826 e. The lowest BCUT2D eigenvalue weighted by Crippen LogP contribution is -1.87. The quantitative estimate of drug-likeness (QED) is 0.610. The van der Waals surface area contributed by atoms with Crippen molar-refractivity contribution >= 4 is 34.8 Å². The lowest BCUT2D eigenvalue weighted by Gasteiger charge is -2.07. The van der Waals surface area contributed by atoms with E-state index >= 15 is 0 Å². The fourth-order valence-corrected chi connectivity index (χ4v) is 1.47. The maximum absolute atomic E-state index is 5.82. The fourth-order valence-electron chi connectivity index (χ4n) is 0.860. The van der Waals surface area contributed by atoms with E-state index in [0.717, 1.165) is 5.56 Å². The van der Waals surface area contributed by atoms with Crippen molar-refractivity contribution in [2.24, 2.45) is 0 Å². The normalized spacial score (nSPS) is 10.8. The van der Waals surface area contributed by atoms with E-state index < -0.39 is 0 Å². The monoisotopic (exact) mass is 221 g/mol. The van der Waals surface area contributed by atoms with Crippen LogP contribution in [-0.4, -0.2) is 0 Å². The Morgan fingerprint density at radius 2 is 1.58 bits per heavy atom. The van der Waals surface area contributed by atoms with Crippen LogP contribution < -0.4 is 0 Å². The predicted octanol–water partition coefficient (Wildman–Crippen LogP) is 4.58. The Labute approximate surface area is 87.4 Å². The van der Waals surface area contributed by atoms with Crippen LogP contribution in [0.25, 0.3) is 0 Å². The van der Waals surface area contributed by atoms with Gasteiger partial charge < -0.3 is 0 Å². The van der Waals surface area contributed by atoms with Crippen molar-refractivity contribution in [2.45, 2.75) is 12.8 Å². The Kier molecular flexibility index (Phi) is 3.28. The summed E-state index contributed by atoms with van der Waals surface area (Å²) in [6.07, 6.45) is 0. The maximum atomic E-state index is 5.82. The van der Waals surface area contributed by atoms with Crippen LogP contribution in [0.5, 0.6) is 0 Å². The predicted molar refractivity (Wildman–Crippen MR) is 55.2 cm³/mol. The molecule has 0 amide bonds. The molecule has 0 aliphatic carbocycles. The minimum Gasteiger partial charge on any atom is -0.0826 e. The molecule has 0 N–H and O–H groups in total. The zero-order chi connectivity index (χ0) is 9.30. The van der Waals surface area contributed by atoms with Gasteiger partial charge in [0.15, 0.2) is 0 Å². The molecule has 12 heavy (non-hydrogen) atoms. The first-order valence-corrected chi connectivity index (χ1v) is 4.63. The molecule has 0 spiro atoms. The highest BCUT2D eigenvalue weighted by molar-refractivity contribution is 6.48. The molecule has 0 aromatic heterocycles. The molecular formula is C9H8Cl3. The number of hydrogen-bond donors (Lipinski definition) is 0. The Balaban J connectivity index is 3.21. The van der Waals surface area contributed by atoms with Crippen LogP contribution in [0.15, 0.2) is 12.1 Å². The third-order valence-electron chi connectivity index (χ3n) is 1.58. The molecule has 65 valence electrons. The van der Waals surface area contributed by atoms with Gasteiger partial charge in [0, 0.05) is 0 Å². The van der Waals surface area contributed by atoms with Crippen LogP contribution in [0, 0.1) is 6.92 Å². The summed E-state index contributed by atoms with van der Waals surface area (Å²) < 4.78 is 0. The first-order chi connectivity index (χ1) is 5.52. The van der Waals surface area contributed by atoms with Gasteiger partial charge in [-0.1, -0.05) is 41.7 Å². The summed E-state index contributed by atoms with van der Waals surface area (Å²) in [5, 5.41) is 1.37. The second-order valence-electron chi connectivity index (χ2n) is 2.70. The molecule has 0 heterocycles. The fraction of sp³-hybridized carbons (Fsp3) is 0.222. The second-order valence-corrected chi connectivity index (χ2v) is 3.89. The summed E-state index contributed by atoms with van der Waals surface area (Å²) in [6.45, 7) is 5.83. The molecule has 0 saturated carbocycles. The van der Waals surface area contributed by atoms with Crippen molar-refractivity contribution in [3.63, 3.8) is 0 Å². The highest BCUT2D eigenvalue weighted by Gasteiger charge is 2.07. The zero-order valence-corrected chi connectivity index (χ0v) is 8.84. The summed E-state index contributed by atoms with van der Waals surface area (Å²) >= 11 is 17.4. The van der Waals surface area contributed by atoms with Crippen LogP contribution >= 0.6 is 34.8 Å². The van der Waals surface area contributed by atoms with Gasteiger partial charge in [-0.25, -0.2) is 0 Å². The van der Waals surface area contributed by atoms with Crippen molar-refractivity contribution < 1.29 is 0 Å². The van der Waals surface area contributed by atoms with E-state index in [1.54, 1.807) is 12.1 Å². The van der Waals surface area contributed by atoms with Crippen LogP contribution in [0.3, 0.4) is 0 Å². The molecule has 3 heteroatoms. The van der Waals surface area contributed by atoms with Gasteiger partial charge in [-0.15, -0.1) is 0 Å². The van der Waals surface area contributed by atoms with E-state index in [-0.39, 0.29) is 5.92 Å². The van der Waals surface area contributed by atoms with Crippen molar-refractivity contribution in [3.05, 3.63) is 39.7 Å². The van der Waals surface area contributed by atoms with E-state index in [1.807, 2.05) is 6.92 Å². The summed E-state index contributed by atoms with van der Waals surface area (Å²) in [6, 6.07) is 3.57. The average Bonchev–Trinajstić information content (AvgIpc) is 1.99. The molecule has 0 bridgehead atoms. The summed E-state index contributed by atoms with van der Waals surface area (Å²) in [5.74, 6) is 0.164. The van der Waals surface area contributed by atoms with Gasteiger partial charge in [-0.3, -0.25) is 0 Å². The minimum absolute atomic E-state index is 0.164. The van der Waals surface area contributed by atoms with E-state index in [9.17, 15) is 0 Å². The molecule has 1 radical (unpaired) electrons. The summed E-state index contributed by atoms with van der Waals surface area (Å²) in [5.41, 5.74) is 0.995. The van der Waals surface area contributed by atoms with Gasteiger partial charge in [0.25, 0.3) is 0 Å². The summed E-state index contributed by atoms with van der Waals surface area (Å²) in [7, 11) is 0. The lowest BCUT2D eigenvalue weighted by atomic mass is 10.0. The smallest absolute Gasteiger partial charge is 0.0778 e. The molecule has 0 nitrogen and oxygen atoms in total. The Morgan fingerprint density at radius 1 is 1.17 bits per heavy atom. The van der Waals surface area contributed by atoms with Gasteiger partial charge in [-0.2, -0.15) is 0 Å². The Hall–Kier alpha value is 0.0900. The lowest BCUT2D eigenvalue weighted by molar-refractivity contribution is 0.965. The van der Waals surface area contributed by atoms with Crippen LogP contribution in [0.4, 0.5) is 0 Å². The molecule has 0 aliphatic heterocycles. The number of rotatable bonds is 1. The zero-order valence-electron chi connectivity index (χ0n) is 6.57. The molecule has 1 aromatic rings. The first kappa shape index (κ1) is 10.2. The number of hydrogen-bond acceptors (Lipinski definition) is 0. The van der Waals surface area contributed by atoms with Gasteiger partial charge >= 0.3 is 0 Å². The topological polar surface area (TPSA) is 0 Å². The number of benzene rings is 1. The van der Waals surface area contributed by atoms with Crippen LogP contribution in [-0.2, 0) is 0 Å². The van der Waals surface area contributed by atoms with E-state index in [1.165, 1.54) is 0 Å². The molecule has 0 aliphatic rings. The van der Waals surface area contributed by atoms with Crippen molar-refractivity contribution in [2.75, 3.05) is 0 Å². The maximum Gasteiger partial charge on any atom is 0.0778 e.